The molecular weight excluding hydrogens is 601 g/mol. The monoisotopic (exact) mass is 636 g/mol. The van der Waals surface area contributed by atoms with E-state index in [1.54, 1.807) is 0 Å². The van der Waals surface area contributed by atoms with E-state index in [9.17, 15) is 0 Å². The summed E-state index contributed by atoms with van der Waals surface area (Å²) in [6.07, 6.45) is 0. The molecule has 0 fully saturated rings. The summed E-state index contributed by atoms with van der Waals surface area (Å²) in [7, 11) is 0. The van der Waals surface area contributed by atoms with Gasteiger partial charge in [0.05, 0.1) is 0 Å². The first-order valence-electron chi connectivity index (χ1n) is 17.7. The smallest absolute Gasteiger partial charge is 0.0159 e. The number of fused-ring (bicyclic) bond motifs is 8. The molecule has 0 atom stereocenters. The number of hydrogen-bond donors (Lipinski definition) is 0. The molecule has 0 unspecified atom stereocenters. The summed E-state index contributed by atoms with van der Waals surface area (Å²) < 4.78 is 0. The molecule has 236 valence electrons. The minimum absolute atomic E-state index is 0.0588. The highest BCUT2D eigenvalue weighted by atomic mass is 14.4. The van der Waals surface area contributed by atoms with Crippen LogP contribution in [-0.2, 0) is 5.41 Å². The van der Waals surface area contributed by atoms with Crippen molar-refractivity contribution in [2.24, 2.45) is 0 Å². The van der Waals surface area contributed by atoms with Gasteiger partial charge in [-0.2, -0.15) is 0 Å². The lowest BCUT2D eigenvalue weighted by Crippen LogP contribution is -2.14. The second-order valence-corrected chi connectivity index (χ2v) is 14.5. The predicted molar refractivity (Wildman–Crippen MR) is 215 cm³/mol. The molecule has 1 aliphatic carbocycles. The molecular formula is C50H36. The van der Waals surface area contributed by atoms with Crippen molar-refractivity contribution in [3.8, 4) is 44.5 Å². The van der Waals surface area contributed by atoms with Crippen LogP contribution in [0.4, 0.5) is 0 Å². The van der Waals surface area contributed by atoms with Gasteiger partial charge in [0.2, 0.25) is 0 Å². The summed E-state index contributed by atoms with van der Waals surface area (Å²) in [4.78, 5) is 0. The Morgan fingerprint density at radius 3 is 1.76 bits per heavy atom. The van der Waals surface area contributed by atoms with Gasteiger partial charge in [-0.25, -0.2) is 0 Å². The van der Waals surface area contributed by atoms with Gasteiger partial charge < -0.3 is 0 Å². The highest BCUT2D eigenvalue weighted by molar-refractivity contribution is 6.22. The molecule has 9 aromatic carbocycles. The summed E-state index contributed by atoms with van der Waals surface area (Å²) in [5.41, 5.74) is 14.4. The summed E-state index contributed by atoms with van der Waals surface area (Å²) in [6, 6.07) is 61.3. The van der Waals surface area contributed by atoms with Gasteiger partial charge in [-0.1, -0.05) is 165 Å². The Kier molecular flexibility index (Phi) is 6.24. The molecule has 1 aliphatic rings. The zero-order valence-electron chi connectivity index (χ0n) is 28.6. The van der Waals surface area contributed by atoms with Gasteiger partial charge in [0.25, 0.3) is 0 Å². The molecule has 0 radical (unpaired) electrons. The van der Waals surface area contributed by atoms with Crippen molar-refractivity contribution in [3.63, 3.8) is 0 Å². The standard InChI is InChI=1S/C50H36/c1-31-23-25-43-45(27-31)49(35-24-26-40-39-19-10-11-22-46(39)50(2,3)47(40)30-35)42-21-9-8-20-41(42)48(43)34-15-12-14-32(28-34)44-29-33-13-4-5-16-36(33)37-17-6-7-18-38(37)44/h4-30H,1-3H3. The molecule has 0 aliphatic heterocycles. The molecule has 0 heteroatoms. The molecule has 0 amide bonds. The lowest BCUT2D eigenvalue weighted by atomic mass is 9.80. The van der Waals surface area contributed by atoms with Gasteiger partial charge in [0.1, 0.15) is 0 Å². The molecule has 50 heavy (non-hydrogen) atoms. The van der Waals surface area contributed by atoms with Crippen molar-refractivity contribution in [2.75, 3.05) is 0 Å². The van der Waals surface area contributed by atoms with E-state index in [-0.39, 0.29) is 5.41 Å². The quantitative estimate of drug-likeness (QED) is 0.134. The fourth-order valence-electron chi connectivity index (χ4n) is 8.91. The molecule has 0 heterocycles. The zero-order chi connectivity index (χ0) is 33.6. The summed E-state index contributed by atoms with van der Waals surface area (Å²) in [5, 5.41) is 10.3. The lowest BCUT2D eigenvalue weighted by Gasteiger charge is -2.23. The van der Waals surface area contributed by atoms with E-state index >= 15 is 0 Å². The average molecular weight is 637 g/mol. The van der Waals surface area contributed by atoms with E-state index in [2.05, 4.69) is 185 Å². The van der Waals surface area contributed by atoms with Crippen LogP contribution < -0.4 is 0 Å². The number of benzene rings is 9. The fraction of sp³-hybridized carbons (Fsp3) is 0.0800. The van der Waals surface area contributed by atoms with Crippen molar-refractivity contribution in [1.82, 2.24) is 0 Å². The SMILES string of the molecule is Cc1ccc2c(-c3cccc(-c4cc5ccccc5c5ccccc45)c3)c3ccccc3c(-c3ccc4c(c3)C(C)(C)c3ccccc3-4)c2c1. The lowest BCUT2D eigenvalue weighted by molar-refractivity contribution is 0.660. The van der Waals surface area contributed by atoms with Gasteiger partial charge in [-0.15, -0.1) is 0 Å². The Labute approximate surface area is 293 Å². The first-order chi connectivity index (χ1) is 24.5. The third-order valence-electron chi connectivity index (χ3n) is 11.3. The predicted octanol–water partition coefficient (Wildman–Crippen LogP) is 13.9. The molecule has 0 bridgehead atoms. The van der Waals surface area contributed by atoms with Crippen LogP contribution in [0, 0.1) is 6.92 Å². The number of rotatable bonds is 3. The highest BCUT2D eigenvalue weighted by Crippen LogP contribution is 2.51. The second kappa shape index (κ2) is 10.8. The average Bonchev–Trinajstić information content (AvgIpc) is 3.39. The molecule has 0 saturated heterocycles. The minimum atomic E-state index is -0.0588. The topological polar surface area (TPSA) is 0 Å². The van der Waals surface area contributed by atoms with Gasteiger partial charge >= 0.3 is 0 Å². The van der Waals surface area contributed by atoms with Gasteiger partial charge in [-0.05, 0) is 124 Å². The molecule has 0 nitrogen and oxygen atoms in total. The Morgan fingerprint density at radius 2 is 0.940 bits per heavy atom. The maximum Gasteiger partial charge on any atom is 0.0159 e. The molecule has 9 aromatic rings. The van der Waals surface area contributed by atoms with Gasteiger partial charge in [0.15, 0.2) is 0 Å². The maximum absolute atomic E-state index is 2.48. The van der Waals surface area contributed by atoms with Gasteiger partial charge in [-0.3, -0.25) is 0 Å². The Bertz CT molecular complexity index is 2850. The Hall–Kier alpha value is -5.98. The summed E-state index contributed by atoms with van der Waals surface area (Å²) >= 11 is 0. The Morgan fingerprint density at radius 1 is 0.340 bits per heavy atom. The molecule has 0 saturated carbocycles. The fourth-order valence-corrected chi connectivity index (χ4v) is 8.91. The van der Waals surface area contributed by atoms with Crippen molar-refractivity contribution in [2.45, 2.75) is 26.2 Å². The first-order valence-corrected chi connectivity index (χ1v) is 17.7. The Balaban J connectivity index is 1.23. The van der Waals surface area contributed by atoms with Crippen molar-refractivity contribution in [1.29, 1.82) is 0 Å². The van der Waals surface area contributed by atoms with Crippen LogP contribution in [0.1, 0.15) is 30.5 Å². The van der Waals surface area contributed by atoms with E-state index in [1.807, 2.05) is 0 Å². The van der Waals surface area contributed by atoms with E-state index in [0.717, 1.165) is 0 Å². The molecule has 0 spiro atoms. The third-order valence-corrected chi connectivity index (χ3v) is 11.3. The molecule has 10 rings (SSSR count). The van der Waals surface area contributed by atoms with Crippen LogP contribution in [-0.4, -0.2) is 0 Å². The van der Waals surface area contributed by atoms with Crippen LogP contribution >= 0.6 is 0 Å². The largest absolute Gasteiger partial charge is 0.0619 e. The van der Waals surface area contributed by atoms with E-state index in [1.165, 1.54) is 104 Å². The summed E-state index contributed by atoms with van der Waals surface area (Å²) in [5.74, 6) is 0. The molecule has 0 aromatic heterocycles. The van der Waals surface area contributed by atoms with Crippen molar-refractivity contribution >= 4 is 43.1 Å². The van der Waals surface area contributed by atoms with Crippen LogP contribution in [0.15, 0.2) is 164 Å². The zero-order valence-corrected chi connectivity index (χ0v) is 28.6. The number of aryl methyl sites for hydroxylation is 1. The van der Waals surface area contributed by atoms with E-state index in [4.69, 9.17) is 0 Å². The first kappa shape index (κ1) is 29.0. The van der Waals surface area contributed by atoms with Crippen LogP contribution in [0.5, 0.6) is 0 Å². The van der Waals surface area contributed by atoms with E-state index in [0.29, 0.717) is 0 Å². The minimum Gasteiger partial charge on any atom is -0.0619 e. The van der Waals surface area contributed by atoms with Crippen LogP contribution in [0.3, 0.4) is 0 Å². The van der Waals surface area contributed by atoms with Crippen LogP contribution in [0.25, 0.3) is 87.6 Å². The third kappa shape index (κ3) is 4.18. The normalized spacial score (nSPS) is 13.3. The van der Waals surface area contributed by atoms with Crippen LogP contribution in [0.2, 0.25) is 0 Å². The second-order valence-electron chi connectivity index (χ2n) is 14.5. The van der Waals surface area contributed by atoms with Gasteiger partial charge in [0, 0.05) is 5.41 Å². The highest BCUT2D eigenvalue weighted by Gasteiger charge is 2.35. The molecule has 0 N–H and O–H groups in total. The maximum atomic E-state index is 2.48. The summed E-state index contributed by atoms with van der Waals surface area (Å²) in [6.45, 7) is 6.96. The number of hydrogen-bond acceptors (Lipinski definition) is 0. The van der Waals surface area contributed by atoms with Crippen molar-refractivity contribution in [3.05, 3.63) is 180 Å². The van der Waals surface area contributed by atoms with Crippen molar-refractivity contribution < 1.29 is 0 Å². The van der Waals surface area contributed by atoms with E-state index < -0.39 is 0 Å².